The van der Waals surface area contributed by atoms with E-state index in [9.17, 15) is 57.0 Å². The molecule has 0 fully saturated rings. The second-order valence-corrected chi connectivity index (χ2v) is 21.2. The van der Waals surface area contributed by atoms with Crippen LogP contribution < -0.4 is 10.1 Å². The first-order chi connectivity index (χ1) is 34.1. The summed E-state index contributed by atoms with van der Waals surface area (Å²) in [6.45, 7) is 0. The number of ether oxygens (including phenoxy) is 1. The molecular formula is C47H33N7O14S4. The minimum absolute atomic E-state index is 0.0310. The van der Waals surface area contributed by atoms with E-state index in [-0.39, 0.29) is 55.1 Å². The van der Waals surface area contributed by atoms with Gasteiger partial charge >= 0.3 is 0 Å². The number of methoxy groups -OCH3 is 1. The molecule has 0 aliphatic carbocycles. The Morgan fingerprint density at radius 1 is 0.417 bits per heavy atom. The molecule has 0 saturated carbocycles. The Kier molecular flexibility index (Phi) is 12.6. The van der Waals surface area contributed by atoms with Gasteiger partial charge in [-0.1, -0.05) is 42.5 Å². The van der Waals surface area contributed by atoms with Gasteiger partial charge in [0.1, 0.15) is 26.1 Å². The van der Waals surface area contributed by atoms with Crippen LogP contribution in [0.25, 0.3) is 43.1 Å². The summed E-state index contributed by atoms with van der Waals surface area (Å²) in [7, 11) is -18.1. The third kappa shape index (κ3) is 9.94. The minimum Gasteiger partial charge on any atom is -0.505 e. The van der Waals surface area contributed by atoms with Crippen LogP contribution in [0.15, 0.2) is 196 Å². The van der Waals surface area contributed by atoms with Crippen LogP contribution in [-0.4, -0.2) is 64.1 Å². The topological polar surface area (TPSA) is 333 Å². The lowest BCUT2D eigenvalue weighted by atomic mass is 10.1. The van der Waals surface area contributed by atoms with Gasteiger partial charge in [0.25, 0.3) is 40.5 Å². The van der Waals surface area contributed by atoms with Crippen molar-refractivity contribution < 1.29 is 61.7 Å². The summed E-state index contributed by atoms with van der Waals surface area (Å²) in [5.41, 5.74) is 0.957. The number of phenols is 1. The molecule has 9 rings (SSSR count). The normalized spacial score (nSPS) is 12.8. The zero-order valence-corrected chi connectivity index (χ0v) is 39.8. The summed E-state index contributed by atoms with van der Waals surface area (Å²) in [5, 5.41) is 41.2. The van der Waals surface area contributed by atoms with Crippen molar-refractivity contribution in [2.75, 3.05) is 12.4 Å². The van der Waals surface area contributed by atoms with Gasteiger partial charge in [-0.3, -0.25) is 18.2 Å². The number of nitrogens with zero attached hydrogens (tertiary/aromatic N) is 6. The van der Waals surface area contributed by atoms with Crippen LogP contribution in [0, 0.1) is 0 Å². The predicted molar refractivity (Wildman–Crippen MR) is 266 cm³/mol. The number of nitrogens with one attached hydrogen (secondary N) is 1. The lowest BCUT2D eigenvalue weighted by Gasteiger charge is -2.12. The Hall–Kier alpha value is -8.14. The Bertz CT molecular complexity index is 4310. The highest BCUT2D eigenvalue weighted by Gasteiger charge is 2.24. The minimum atomic E-state index is -5.05. The van der Waals surface area contributed by atoms with E-state index in [1.54, 1.807) is 60.7 Å². The lowest BCUT2D eigenvalue weighted by Crippen LogP contribution is -2.03. The van der Waals surface area contributed by atoms with Gasteiger partial charge in [0.15, 0.2) is 5.75 Å². The van der Waals surface area contributed by atoms with Crippen molar-refractivity contribution in [1.82, 2.24) is 0 Å². The van der Waals surface area contributed by atoms with Crippen LogP contribution in [0.3, 0.4) is 0 Å². The van der Waals surface area contributed by atoms with Crippen LogP contribution in [0.5, 0.6) is 11.5 Å². The van der Waals surface area contributed by atoms with Crippen molar-refractivity contribution in [3.63, 3.8) is 0 Å². The number of hydrogen-bond acceptors (Lipinski definition) is 17. The van der Waals surface area contributed by atoms with E-state index in [0.29, 0.717) is 33.6 Å². The molecule has 364 valence electrons. The van der Waals surface area contributed by atoms with Crippen LogP contribution in [-0.2, 0) is 40.5 Å². The van der Waals surface area contributed by atoms with Gasteiger partial charge < -0.3 is 15.2 Å². The first-order valence-corrected chi connectivity index (χ1v) is 26.3. The van der Waals surface area contributed by atoms with Gasteiger partial charge in [0.05, 0.1) is 40.4 Å². The average molecular weight is 1050 g/mol. The SMILES string of the molecule is COc1ccc(Nc2ccc3c(O)c(N=Nc4ccc(N=Nc5ccc(N=Nc6cc(S(=O)(=O)O)c7cccc(S(=O)(=O)O)c7c6)c6ccccc56)c5ccc(S(=O)(=O)O)cc45)c(S(=O)(=O)O)cc3c2)cc1. The van der Waals surface area contributed by atoms with Gasteiger partial charge in [-0.25, -0.2) is 0 Å². The molecule has 0 spiro atoms. The number of phenolic OH excluding ortho intramolecular Hbond substituents is 1. The maximum atomic E-state index is 12.7. The zero-order valence-electron chi connectivity index (χ0n) is 36.6. The molecule has 0 atom stereocenters. The molecule has 72 heavy (non-hydrogen) atoms. The van der Waals surface area contributed by atoms with Crippen molar-refractivity contribution in [2.45, 2.75) is 19.6 Å². The van der Waals surface area contributed by atoms with E-state index < -0.39 is 71.5 Å². The Balaban J connectivity index is 1.08. The first kappa shape index (κ1) is 48.9. The first-order valence-electron chi connectivity index (χ1n) is 20.6. The highest BCUT2D eigenvalue weighted by Crippen LogP contribution is 2.44. The molecule has 0 saturated heterocycles. The van der Waals surface area contributed by atoms with Gasteiger partial charge in [-0.15, -0.1) is 25.6 Å². The number of hydrogen-bond donors (Lipinski definition) is 6. The fourth-order valence-corrected chi connectivity index (χ4v) is 10.4. The third-order valence-electron chi connectivity index (χ3n) is 11.1. The molecule has 0 unspecified atom stereocenters. The molecule has 9 aromatic carbocycles. The Morgan fingerprint density at radius 2 is 0.944 bits per heavy atom. The van der Waals surface area contributed by atoms with Gasteiger partial charge in [-0.05, 0) is 109 Å². The fraction of sp³-hybridized carbons (Fsp3) is 0.0213. The van der Waals surface area contributed by atoms with Crippen molar-refractivity contribution in [1.29, 1.82) is 0 Å². The Labute approximate surface area is 408 Å². The summed E-state index contributed by atoms with van der Waals surface area (Å²) >= 11 is 0. The number of fused-ring (bicyclic) bond motifs is 4. The second kappa shape index (κ2) is 18.6. The highest BCUT2D eigenvalue weighted by atomic mass is 32.2. The van der Waals surface area contributed by atoms with Gasteiger partial charge in [0, 0.05) is 49.1 Å². The highest BCUT2D eigenvalue weighted by molar-refractivity contribution is 7.87. The van der Waals surface area contributed by atoms with Gasteiger partial charge in [0.2, 0.25) is 0 Å². The zero-order chi connectivity index (χ0) is 51.3. The van der Waals surface area contributed by atoms with Crippen LogP contribution in [0.2, 0.25) is 0 Å². The molecule has 0 amide bonds. The average Bonchev–Trinajstić information content (AvgIpc) is 3.33. The summed E-state index contributed by atoms with van der Waals surface area (Å²) < 4.78 is 144. The maximum Gasteiger partial charge on any atom is 0.296 e. The number of aromatic hydroxyl groups is 1. The number of rotatable bonds is 13. The van der Waals surface area contributed by atoms with E-state index in [0.717, 1.165) is 30.3 Å². The maximum absolute atomic E-state index is 12.7. The van der Waals surface area contributed by atoms with Crippen molar-refractivity contribution in [3.05, 3.63) is 146 Å². The molecule has 21 nitrogen and oxygen atoms in total. The van der Waals surface area contributed by atoms with E-state index >= 15 is 0 Å². The Morgan fingerprint density at radius 3 is 1.53 bits per heavy atom. The molecular weight excluding hydrogens is 1010 g/mol. The van der Waals surface area contributed by atoms with E-state index in [4.69, 9.17) is 4.74 Å². The molecule has 9 aromatic rings. The fourth-order valence-electron chi connectivity index (χ4n) is 7.76. The van der Waals surface area contributed by atoms with Crippen LogP contribution in [0.1, 0.15) is 0 Å². The molecule has 0 aliphatic heterocycles. The second-order valence-electron chi connectivity index (χ2n) is 15.6. The summed E-state index contributed by atoms with van der Waals surface area (Å²) in [4.78, 5) is -2.64. The molecule has 0 bridgehead atoms. The summed E-state index contributed by atoms with van der Waals surface area (Å²) in [6.07, 6.45) is 0. The molecule has 0 radical (unpaired) electrons. The van der Waals surface area contributed by atoms with E-state index in [2.05, 4.69) is 36.0 Å². The standard InChI is InChI=1S/C47H33N7O14S4/c1-68-30-12-9-27(10-13-30)48-28-11-15-32-26(21-28)22-45(72(65,66)67)46(47(32)55)54-53-42-20-19-41(35-16-14-31(25-37(35)42)69(56,57)58)52-51-40-18-17-39(33-5-2-3-6-34(33)40)50-49-29-23-38-36(44(24-29)71(62,63)64)7-4-8-43(38)70(59,60)61/h2-25,48,55H,1H3,(H,56,57,58)(H,59,60,61)(H,62,63,64)(H,65,66,67). The van der Waals surface area contributed by atoms with Crippen LogP contribution >= 0.6 is 0 Å². The monoisotopic (exact) mass is 1050 g/mol. The summed E-state index contributed by atoms with van der Waals surface area (Å²) in [5.74, 6) is -0.0217. The smallest absolute Gasteiger partial charge is 0.296 e. The third-order valence-corrected chi connectivity index (χ3v) is 14.6. The number of anilines is 2. The molecule has 6 N–H and O–H groups in total. The van der Waals surface area contributed by atoms with Gasteiger partial charge in [-0.2, -0.15) is 38.8 Å². The largest absolute Gasteiger partial charge is 0.505 e. The van der Waals surface area contributed by atoms with Crippen LogP contribution in [0.4, 0.5) is 45.5 Å². The molecule has 0 heterocycles. The lowest BCUT2D eigenvalue weighted by molar-refractivity contribution is 0.415. The molecule has 0 aromatic heterocycles. The van der Waals surface area contributed by atoms with Crippen molar-refractivity contribution >= 4 is 129 Å². The number of azo groups is 3. The van der Waals surface area contributed by atoms with Crippen molar-refractivity contribution in [3.8, 4) is 11.5 Å². The van der Waals surface area contributed by atoms with E-state index in [1.165, 1.54) is 61.7 Å². The molecule has 25 heteroatoms. The predicted octanol–water partition coefficient (Wildman–Crippen LogP) is 12.0. The van der Waals surface area contributed by atoms with Crippen molar-refractivity contribution in [2.24, 2.45) is 30.7 Å². The van der Waals surface area contributed by atoms with E-state index in [1.807, 2.05) is 0 Å². The quantitative estimate of drug-likeness (QED) is 0.0462. The number of benzene rings is 9. The molecule has 0 aliphatic rings. The summed E-state index contributed by atoms with van der Waals surface area (Å²) in [6, 6.07) is 34.5.